The van der Waals surface area contributed by atoms with Crippen LogP contribution in [-0.2, 0) is 9.53 Å². The Hall–Kier alpha value is -0.610. The summed E-state index contributed by atoms with van der Waals surface area (Å²) in [7, 11) is 0. The maximum atomic E-state index is 12.2. The van der Waals surface area contributed by atoms with Crippen LogP contribution < -0.4 is 0 Å². The third-order valence-electron chi connectivity index (χ3n) is 6.25. The van der Waals surface area contributed by atoms with E-state index in [0.29, 0.717) is 5.91 Å². The molecule has 4 nitrogen and oxygen atoms in total. The molecule has 0 N–H and O–H groups in total. The van der Waals surface area contributed by atoms with E-state index < -0.39 is 0 Å². The quantitative estimate of drug-likeness (QED) is 0.772. The molecular weight excluding hydrogens is 300 g/mol. The lowest BCUT2D eigenvalue weighted by Crippen LogP contribution is -2.42. The van der Waals surface area contributed by atoms with E-state index in [1.54, 1.807) is 0 Å². The Morgan fingerprint density at radius 3 is 2.42 bits per heavy atom. The van der Waals surface area contributed by atoms with Crippen LogP contribution in [0.25, 0.3) is 0 Å². The first kappa shape index (κ1) is 18.2. The number of hydrogen-bond donors (Lipinski definition) is 0. The fourth-order valence-corrected chi connectivity index (χ4v) is 4.79. The zero-order valence-corrected chi connectivity index (χ0v) is 15.8. The summed E-state index contributed by atoms with van der Waals surface area (Å²) in [6.07, 6.45) is 9.25. The molecule has 0 aromatic rings. The molecule has 0 radical (unpaired) electrons. The van der Waals surface area contributed by atoms with Gasteiger partial charge >= 0.3 is 0 Å². The topological polar surface area (TPSA) is 32.8 Å². The van der Waals surface area contributed by atoms with Gasteiger partial charge in [0.2, 0.25) is 5.91 Å². The summed E-state index contributed by atoms with van der Waals surface area (Å²) in [5.74, 6) is 1.96. The minimum atomic E-state index is 0.0666. The fourth-order valence-electron chi connectivity index (χ4n) is 4.79. The Kier molecular flexibility index (Phi) is 6.20. The monoisotopic (exact) mass is 336 g/mol. The van der Waals surface area contributed by atoms with Crippen LogP contribution in [0.3, 0.4) is 0 Å². The molecule has 1 unspecified atom stereocenters. The Labute approximate surface area is 147 Å². The van der Waals surface area contributed by atoms with Crippen LogP contribution >= 0.6 is 0 Å². The van der Waals surface area contributed by atoms with E-state index in [2.05, 4.69) is 23.6 Å². The lowest BCUT2D eigenvalue weighted by molar-refractivity contribution is -0.130. The van der Waals surface area contributed by atoms with Gasteiger partial charge in [-0.1, -0.05) is 0 Å². The second-order valence-electron chi connectivity index (χ2n) is 8.84. The number of rotatable bonds is 5. The van der Waals surface area contributed by atoms with Crippen molar-refractivity contribution in [2.24, 2.45) is 11.8 Å². The number of likely N-dealkylation sites (tertiary alicyclic amines) is 2. The van der Waals surface area contributed by atoms with E-state index in [9.17, 15) is 4.79 Å². The average Bonchev–Trinajstić information content (AvgIpc) is 3.07. The molecule has 3 aliphatic rings. The number of nitrogens with zero attached hydrogens (tertiary/aromatic N) is 2. The molecule has 3 fully saturated rings. The Balaban J connectivity index is 1.33. The van der Waals surface area contributed by atoms with Gasteiger partial charge in [0, 0.05) is 32.7 Å². The van der Waals surface area contributed by atoms with E-state index in [0.717, 1.165) is 44.4 Å². The third-order valence-corrected chi connectivity index (χ3v) is 6.25. The van der Waals surface area contributed by atoms with Crippen LogP contribution in [0.1, 0.15) is 65.2 Å². The van der Waals surface area contributed by atoms with Gasteiger partial charge in [0.15, 0.2) is 0 Å². The average molecular weight is 337 g/mol. The molecule has 1 amide bonds. The number of hydrogen-bond acceptors (Lipinski definition) is 3. The first-order chi connectivity index (χ1) is 11.5. The molecule has 3 aliphatic heterocycles. The highest BCUT2D eigenvalue weighted by atomic mass is 16.5. The Bertz CT molecular complexity index is 410. The normalized spacial score (nSPS) is 29.1. The van der Waals surface area contributed by atoms with Crippen molar-refractivity contribution in [2.75, 3.05) is 39.3 Å². The summed E-state index contributed by atoms with van der Waals surface area (Å²) in [5, 5.41) is 0. The number of amides is 1. The second kappa shape index (κ2) is 8.18. The lowest BCUT2D eigenvalue weighted by Gasteiger charge is -2.39. The van der Waals surface area contributed by atoms with Gasteiger partial charge in [-0.15, -0.1) is 0 Å². The summed E-state index contributed by atoms with van der Waals surface area (Å²) in [6.45, 7) is 11.1. The van der Waals surface area contributed by atoms with E-state index in [1.807, 2.05) is 0 Å². The van der Waals surface area contributed by atoms with Crippen LogP contribution in [-0.4, -0.2) is 60.6 Å². The zero-order valence-electron chi connectivity index (χ0n) is 15.8. The fraction of sp³-hybridized carbons (Fsp3) is 0.950. The number of carbonyl (C=O) groups is 1. The van der Waals surface area contributed by atoms with Crippen LogP contribution in [0.5, 0.6) is 0 Å². The third kappa shape index (κ3) is 5.19. The highest BCUT2D eigenvalue weighted by Crippen LogP contribution is 2.30. The van der Waals surface area contributed by atoms with E-state index in [1.165, 1.54) is 58.2 Å². The van der Waals surface area contributed by atoms with Crippen LogP contribution in [0.4, 0.5) is 0 Å². The molecule has 1 atom stereocenters. The standard InChI is InChI=1S/C20H36N2O2/c1-20(2)15-18(9-14-24-20)16-21-12-7-17(8-13-21)5-6-19(23)22-10-3-4-11-22/h17-18H,3-16H2,1-2H3. The molecule has 3 rings (SSSR count). The molecule has 0 spiro atoms. The van der Waals surface area contributed by atoms with E-state index in [4.69, 9.17) is 4.74 Å². The molecule has 0 aromatic carbocycles. The van der Waals surface area contributed by atoms with Crippen molar-refractivity contribution in [1.29, 1.82) is 0 Å². The summed E-state index contributed by atoms with van der Waals surface area (Å²) >= 11 is 0. The Morgan fingerprint density at radius 1 is 1.04 bits per heavy atom. The molecule has 0 aromatic heterocycles. The van der Waals surface area contributed by atoms with Crippen molar-refractivity contribution in [3.05, 3.63) is 0 Å². The second-order valence-corrected chi connectivity index (χ2v) is 8.84. The summed E-state index contributed by atoms with van der Waals surface area (Å²) in [4.78, 5) is 16.9. The van der Waals surface area contributed by atoms with Crippen molar-refractivity contribution in [1.82, 2.24) is 9.80 Å². The number of ether oxygens (including phenoxy) is 1. The van der Waals surface area contributed by atoms with Crippen molar-refractivity contribution >= 4 is 5.91 Å². The minimum absolute atomic E-state index is 0.0666. The lowest BCUT2D eigenvalue weighted by atomic mass is 9.86. The van der Waals surface area contributed by atoms with Crippen molar-refractivity contribution in [3.8, 4) is 0 Å². The van der Waals surface area contributed by atoms with Gasteiger partial charge in [-0.05, 0) is 83.7 Å². The molecule has 3 saturated heterocycles. The molecular formula is C20H36N2O2. The maximum absolute atomic E-state index is 12.2. The summed E-state index contributed by atoms with van der Waals surface area (Å²) in [5.41, 5.74) is 0.0666. The molecule has 24 heavy (non-hydrogen) atoms. The van der Waals surface area contributed by atoms with E-state index >= 15 is 0 Å². The van der Waals surface area contributed by atoms with Crippen molar-refractivity contribution in [2.45, 2.75) is 70.8 Å². The highest BCUT2D eigenvalue weighted by molar-refractivity contribution is 5.76. The van der Waals surface area contributed by atoms with E-state index in [-0.39, 0.29) is 5.60 Å². The molecule has 4 heteroatoms. The SMILES string of the molecule is CC1(C)CC(CN2CCC(CCC(=O)N3CCCC3)CC2)CCO1. The first-order valence-corrected chi connectivity index (χ1v) is 10.2. The Morgan fingerprint density at radius 2 is 1.75 bits per heavy atom. The van der Waals surface area contributed by atoms with Gasteiger partial charge in [-0.2, -0.15) is 0 Å². The number of carbonyl (C=O) groups excluding carboxylic acids is 1. The van der Waals surface area contributed by atoms with Crippen LogP contribution in [0, 0.1) is 11.8 Å². The first-order valence-electron chi connectivity index (χ1n) is 10.2. The van der Waals surface area contributed by atoms with Crippen LogP contribution in [0.2, 0.25) is 0 Å². The van der Waals surface area contributed by atoms with Gasteiger partial charge in [0.25, 0.3) is 0 Å². The number of piperidine rings is 1. The van der Waals surface area contributed by atoms with Gasteiger partial charge in [-0.3, -0.25) is 4.79 Å². The largest absolute Gasteiger partial charge is 0.376 e. The maximum Gasteiger partial charge on any atom is 0.222 e. The summed E-state index contributed by atoms with van der Waals surface area (Å²) in [6, 6.07) is 0. The summed E-state index contributed by atoms with van der Waals surface area (Å²) < 4.78 is 5.84. The smallest absolute Gasteiger partial charge is 0.222 e. The van der Waals surface area contributed by atoms with Crippen LogP contribution in [0.15, 0.2) is 0 Å². The molecule has 0 saturated carbocycles. The minimum Gasteiger partial charge on any atom is -0.376 e. The highest BCUT2D eigenvalue weighted by Gasteiger charge is 2.31. The predicted molar refractivity (Wildman–Crippen MR) is 97.0 cm³/mol. The van der Waals surface area contributed by atoms with Gasteiger partial charge < -0.3 is 14.5 Å². The van der Waals surface area contributed by atoms with Crippen molar-refractivity contribution in [3.63, 3.8) is 0 Å². The van der Waals surface area contributed by atoms with Gasteiger partial charge in [0.05, 0.1) is 5.60 Å². The molecule has 0 bridgehead atoms. The molecule has 138 valence electrons. The van der Waals surface area contributed by atoms with Gasteiger partial charge in [-0.25, -0.2) is 0 Å². The molecule has 3 heterocycles. The van der Waals surface area contributed by atoms with Gasteiger partial charge in [0.1, 0.15) is 0 Å². The zero-order chi connectivity index (χ0) is 17.0. The van der Waals surface area contributed by atoms with Crippen molar-refractivity contribution < 1.29 is 9.53 Å². The molecule has 0 aliphatic carbocycles. The predicted octanol–water partition coefficient (Wildman–Crippen LogP) is 3.31.